The number of benzene rings is 2. The molecule has 3 fully saturated rings. The molecule has 35 heteroatoms. The van der Waals surface area contributed by atoms with Crippen molar-refractivity contribution in [3.63, 3.8) is 0 Å². The molecule has 4 aromatic rings. The van der Waals surface area contributed by atoms with Crippen LogP contribution in [0.2, 0.25) is 0 Å². The molecule has 7 aliphatic rings. The number of nitrogens with one attached hydrogen (secondary N) is 7. The molecule has 10 N–H and O–H groups in total. The Balaban J connectivity index is 0.000000261. The number of pyridine rings is 2. The topological polar surface area (TPSA) is 485 Å². The number of hydrogen-bond acceptors (Lipinski definition) is 23. The average molecular weight is 1850 g/mol. The van der Waals surface area contributed by atoms with Crippen molar-refractivity contribution in [2.24, 2.45) is 39.4 Å². The van der Waals surface area contributed by atoms with Crippen LogP contribution in [0, 0.1) is 23.7 Å². The van der Waals surface area contributed by atoms with Gasteiger partial charge in [0.15, 0.2) is 0 Å². The zero-order chi connectivity index (χ0) is 97.6. The molecule has 14 amide bonds. The number of unbranched alkanes of at least 4 members (excludes halogenated alkanes) is 4. The van der Waals surface area contributed by atoms with Gasteiger partial charge in [-0.2, -0.15) is 0 Å². The third kappa shape index (κ3) is 35.8. The van der Waals surface area contributed by atoms with Gasteiger partial charge in [-0.3, -0.25) is 103 Å². The predicted octanol–water partition coefficient (Wildman–Crippen LogP) is 12.9. The lowest BCUT2D eigenvalue weighted by atomic mass is 9.81. The summed E-state index contributed by atoms with van der Waals surface area (Å²) in [7, 11) is 0. The molecule has 722 valence electrons. The molecule has 35 nitrogen and oxygen atoms in total. The molecule has 0 spiro atoms. The van der Waals surface area contributed by atoms with Crippen molar-refractivity contribution in [2.45, 2.75) is 254 Å². The fourth-order valence-corrected chi connectivity index (χ4v) is 15.9. The summed E-state index contributed by atoms with van der Waals surface area (Å²) in [5, 5.41) is 27.8. The van der Waals surface area contributed by atoms with E-state index in [2.05, 4.69) is 52.2 Å². The van der Waals surface area contributed by atoms with Gasteiger partial charge in [0.25, 0.3) is 35.4 Å². The molecule has 11 rings (SSSR count). The zero-order valence-electron chi connectivity index (χ0n) is 78.9. The van der Waals surface area contributed by atoms with Crippen LogP contribution in [0.15, 0.2) is 119 Å². The van der Waals surface area contributed by atoms with Crippen molar-refractivity contribution in [3.05, 3.63) is 142 Å². The summed E-state index contributed by atoms with van der Waals surface area (Å²) in [6, 6.07) is 13.6. The van der Waals surface area contributed by atoms with Crippen molar-refractivity contribution < 1.29 is 91.3 Å². The summed E-state index contributed by atoms with van der Waals surface area (Å²) in [6.45, 7) is 23.4. The van der Waals surface area contributed by atoms with Gasteiger partial charge in [-0.05, 0) is 222 Å². The first-order chi connectivity index (χ1) is 63.9. The number of aromatic nitrogens is 2. The number of carbonyl (C=O) groups is 16. The average Bonchev–Trinajstić information content (AvgIpc) is 1.59. The molecular weight excluding hydrogens is 1720 g/mol. The molecular formula is C99H132N16O19. The Morgan fingerprint density at radius 1 is 0.485 bits per heavy atom. The molecule has 134 heavy (non-hydrogen) atoms. The number of imide groups is 3. The minimum Gasteiger partial charge on any atom is -0.481 e. The van der Waals surface area contributed by atoms with Crippen molar-refractivity contribution in [3.8, 4) is 0 Å². The number of anilines is 2. The van der Waals surface area contributed by atoms with Crippen molar-refractivity contribution in [2.75, 3.05) is 63.0 Å². The van der Waals surface area contributed by atoms with E-state index in [1.807, 2.05) is 32.6 Å². The van der Waals surface area contributed by atoms with E-state index in [4.69, 9.17) is 25.3 Å². The number of amidine groups is 2. The quantitative estimate of drug-likeness (QED) is 0.0151. The maximum atomic E-state index is 13.7. The van der Waals surface area contributed by atoms with E-state index >= 15 is 0 Å². The Labute approximate surface area is 783 Å². The number of ether oxygens (including phenoxy) is 2. The lowest BCUT2D eigenvalue weighted by Gasteiger charge is -2.30. The molecule has 0 bridgehead atoms. The summed E-state index contributed by atoms with van der Waals surface area (Å²) < 4.78 is 10.9. The van der Waals surface area contributed by atoms with Gasteiger partial charge in [-0.1, -0.05) is 52.7 Å². The van der Waals surface area contributed by atoms with E-state index in [1.54, 1.807) is 126 Å². The Hall–Kier alpha value is -13.1. The van der Waals surface area contributed by atoms with Gasteiger partial charge >= 0.3 is 18.2 Å². The van der Waals surface area contributed by atoms with Gasteiger partial charge in [-0.25, -0.2) is 19.6 Å². The third-order valence-electron chi connectivity index (χ3n) is 22.7. The molecule has 1 saturated heterocycles. The van der Waals surface area contributed by atoms with Crippen LogP contribution in [0.4, 0.5) is 32.3 Å². The Morgan fingerprint density at radius 3 is 1.24 bits per heavy atom. The number of ketones is 1. The van der Waals surface area contributed by atoms with Crippen LogP contribution in [0.1, 0.15) is 273 Å². The van der Waals surface area contributed by atoms with Gasteiger partial charge in [0.2, 0.25) is 35.4 Å². The maximum Gasteiger partial charge on any atom is 0.413 e. The highest BCUT2D eigenvalue weighted by Gasteiger charge is 2.35. The molecule has 2 aliphatic carbocycles. The van der Waals surface area contributed by atoms with Crippen LogP contribution in [0.3, 0.4) is 0 Å². The van der Waals surface area contributed by atoms with E-state index < -0.39 is 35.3 Å². The predicted molar refractivity (Wildman–Crippen MR) is 507 cm³/mol. The number of aliphatic carboxylic acids is 1. The van der Waals surface area contributed by atoms with E-state index in [-0.39, 0.29) is 125 Å². The number of nitrogens with zero attached hydrogens (tertiary/aromatic N) is 8. The Morgan fingerprint density at radius 2 is 0.873 bits per heavy atom. The molecule has 0 radical (unpaired) electrons. The summed E-state index contributed by atoms with van der Waals surface area (Å²) in [5.41, 5.74) is 10.6. The van der Waals surface area contributed by atoms with Crippen LogP contribution in [0.5, 0.6) is 0 Å². The zero-order valence-corrected chi connectivity index (χ0v) is 78.9. The summed E-state index contributed by atoms with van der Waals surface area (Å²) in [5.74, 6) is -1.94. The number of carboxylic acid groups (broad SMARTS) is 1. The fraction of sp³-hybridized carbons (Fsp3) is 0.515. The van der Waals surface area contributed by atoms with Crippen LogP contribution < -0.4 is 43.0 Å². The fourth-order valence-electron chi connectivity index (χ4n) is 15.9. The van der Waals surface area contributed by atoms with Gasteiger partial charge in [-0.15, -0.1) is 0 Å². The highest BCUT2D eigenvalue weighted by atomic mass is 16.6. The minimum absolute atomic E-state index is 0.00150. The number of aliphatic imine (C=N–C) groups is 2. The number of aryl methyl sites for hydroxylation is 1. The summed E-state index contributed by atoms with van der Waals surface area (Å²) in [4.78, 5) is 218. The number of alkyl carbamates (subject to hydrolysis) is 2. The number of carbonyl (C=O) groups excluding carboxylic acids is 15. The van der Waals surface area contributed by atoms with Gasteiger partial charge in [0.05, 0.1) is 35.1 Å². The minimum atomic E-state index is -0.783. The van der Waals surface area contributed by atoms with Crippen molar-refractivity contribution >= 4 is 141 Å². The number of Topliss-reactive ketones (excluding diaryl/α,β-unsaturated/α-hetero) is 1. The van der Waals surface area contributed by atoms with Gasteiger partial charge in [0.1, 0.15) is 28.7 Å². The molecule has 0 atom stereocenters. The highest BCUT2D eigenvalue weighted by molar-refractivity contribution is 6.15. The monoisotopic (exact) mass is 1850 g/mol. The third-order valence-corrected chi connectivity index (χ3v) is 22.7. The molecule has 2 aromatic carbocycles. The van der Waals surface area contributed by atoms with Crippen molar-refractivity contribution in [1.29, 1.82) is 0 Å². The molecule has 2 saturated carbocycles. The van der Waals surface area contributed by atoms with E-state index in [9.17, 15) is 76.7 Å². The van der Waals surface area contributed by atoms with Crippen LogP contribution in [-0.4, -0.2) is 205 Å². The number of rotatable bonds is 36. The van der Waals surface area contributed by atoms with Crippen LogP contribution in [0.25, 0.3) is 12.2 Å². The van der Waals surface area contributed by atoms with Gasteiger partial charge in [0, 0.05) is 186 Å². The number of fused-ring (bicyclic) bond motifs is 2. The van der Waals surface area contributed by atoms with E-state index in [1.165, 1.54) is 40.3 Å². The first-order valence-electron chi connectivity index (χ1n) is 46.7. The molecule has 7 heterocycles. The number of amides is 14. The second-order valence-corrected chi connectivity index (χ2v) is 36.3. The normalized spacial score (nSPS) is 17.2. The molecule has 5 aliphatic heterocycles. The lowest BCUT2D eigenvalue weighted by Crippen LogP contribution is -2.38. The Kier molecular flexibility index (Phi) is 42.0. The first kappa shape index (κ1) is 106. The first-order valence-corrected chi connectivity index (χ1v) is 46.7. The van der Waals surface area contributed by atoms with E-state index in [0.717, 1.165) is 120 Å². The SMILES string of the molecule is CCCN(CCC)C(=O)C1=Cc2ccc(C(=O)Nc3cncc(CCC(=O)CCCCCNC(=O)C4CCC(CN5C(=O)C=CC5=O)CC4)c3)cc2N=C(NC(=O)OC(C)(C)C)C1.CCCN(CCC)C(=O)C1=Cc2ccc(C(=O)Nc3cncc(CN)c3)cc2N=C(NC(=O)OC(C)(C)C)C1.O=C(O)CCCCCNC(=O)C1CCC(CN2C(=O)C=CC2=O)CC1.O=C1CCC(=O)N1. The summed E-state index contributed by atoms with van der Waals surface area (Å²) in [6.07, 6.45) is 30.3. The molecule has 2 aromatic heterocycles. The number of hydrogen-bond donors (Lipinski definition) is 9. The second kappa shape index (κ2) is 53.0. The standard InChI is InChI=1S/C48H63N7O8.C29H38N6O4.C18H26N2O5.C4H5NO2/c1-6-23-54(24-7-2)46(61)37-26-35-17-18-36(27-40(35)52-41(28-37)53-47(62)63-48(3,4)5)45(60)51-38-25-33(29-49-30-38)14-19-39(56)11-9-8-10-22-50-44(59)34-15-12-32(13-16-34)31-55-42(57)20-21-43(55)58;1-6-10-35(11-7-2)27(37)22-13-20-8-9-21(26(36)32-23-12-19(16-30)17-31-18-23)14-24(20)33-25(15-22)34-28(38)39-29(3,4)5;21-15-9-10-16(22)20(15)12-13-5-7-14(8-6-13)18(25)19-11-3-1-2-4-17(23)24;6-3-1-2-4(7)5-3/h17-18,20-21,25-27,29-30,32,34H,6-16,19,22-24,28,31H2,1-5H3,(H,50,59)(H,51,60)(H,52,53,62);8-9,12-14,17-18H,6-7,10-11,15-16,30H2,1-5H3,(H,32,36)(H,33,34,38);9-10,13-14H,1-8,11-12H2,(H,19,25)(H,23,24);1-2H2,(H,5,6,7). The second-order valence-electron chi connectivity index (χ2n) is 36.3. The maximum absolute atomic E-state index is 13.7. The van der Waals surface area contributed by atoms with Crippen LogP contribution >= 0.6 is 0 Å². The largest absolute Gasteiger partial charge is 0.481 e. The molecule has 0 unspecified atom stereocenters. The smallest absolute Gasteiger partial charge is 0.413 e. The Bertz CT molecular complexity index is 5040. The van der Waals surface area contributed by atoms with Crippen molar-refractivity contribution in [1.82, 2.24) is 56.2 Å². The summed E-state index contributed by atoms with van der Waals surface area (Å²) >= 11 is 0. The van der Waals surface area contributed by atoms with Crippen LogP contribution in [-0.2, 0) is 80.0 Å². The van der Waals surface area contributed by atoms with Gasteiger partial charge < -0.3 is 51.4 Å². The number of nitrogens with two attached hydrogens (primary N) is 1. The highest BCUT2D eigenvalue weighted by Crippen LogP contribution is 2.35. The van der Waals surface area contributed by atoms with E-state index in [0.29, 0.717) is 154 Å². The number of carboxylic acids is 1. The lowest BCUT2D eigenvalue weighted by molar-refractivity contribution is -0.139.